The molecule has 4 heteroatoms. The summed E-state index contributed by atoms with van der Waals surface area (Å²) in [4.78, 5) is 15.5. The minimum atomic E-state index is -0.00273. The summed E-state index contributed by atoms with van der Waals surface area (Å²) in [7, 11) is 3.24. The average Bonchev–Trinajstić information content (AvgIpc) is 3.02. The standard InChI is InChI=1S/C24H29NO3/c1-27-22-14-19-13-20(24(26)21(19)15-23(22)28-2)12-17-7-6-8-18(11-17)16-25-9-4-3-5-10-25/h6-8,11,14-15,20H,3-5,9-10,12-13,16H2,1-2H3. The van der Waals surface area contributed by atoms with Crippen molar-refractivity contribution in [2.24, 2.45) is 5.92 Å². The van der Waals surface area contributed by atoms with Gasteiger partial charge in [-0.1, -0.05) is 30.7 Å². The molecule has 2 aromatic rings. The SMILES string of the molecule is COc1cc2c(cc1OC)C(=O)C(Cc1cccc(CN3CCCCC3)c1)C2. The van der Waals surface area contributed by atoms with E-state index in [1.165, 1.54) is 43.5 Å². The van der Waals surface area contributed by atoms with Crippen LogP contribution in [0.4, 0.5) is 0 Å². The van der Waals surface area contributed by atoms with Crippen molar-refractivity contribution in [1.82, 2.24) is 4.90 Å². The van der Waals surface area contributed by atoms with E-state index in [-0.39, 0.29) is 11.7 Å². The molecule has 0 radical (unpaired) electrons. The predicted octanol–water partition coefficient (Wildman–Crippen LogP) is 4.29. The Morgan fingerprint density at radius 1 is 0.964 bits per heavy atom. The fraction of sp³-hybridized carbons (Fsp3) is 0.458. The lowest BCUT2D eigenvalue weighted by Crippen LogP contribution is -2.29. The maximum Gasteiger partial charge on any atom is 0.167 e. The van der Waals surface area contributed by atoms with Crippen LogP contribution in [0.3, 0.4) is 0 Å². The zero-order valence-electron chi connectivity index (χ0n) is 16.9. The van der Waals surface area contributed by atoms with Crippen molar-refractivity contribution < 1.29 is 14.3 Å². The molecule has 1 aliphatic carbocycles. The Bertz CT molecular complexity index is 855. The molecule has 1 saturated heterocycles. The molecule has 4 rings (SSSR count). The first-order valence-electron chi connectivity index (χ1n) is 10.3. The van der Waals surface area contributed by atoms with Crippen LogP contribution < -0.4 is 9.47 Å². The third-order valence-corrected chi connectivity index (χ3v) is 6.04. The normalized spacial score (nSPS) is 19.5. The molecule has 1 heterocycles. The maximum absolute atomic E-state index is 13.0. The Morgan fingerprint density at radius 3 is 2.43 bits per heavy atom. The Balaban J connectivity index is 1.47. The van der Waals surface area contributed by atoms with Crippen molar-refractivity contribution in [1.29, 1.82) is 0 Å². The first-order chi connectivity index (χ1) is 13.7. The number of Topliss-reactive ketones (excluding diaryl/α,β-unsaturated/α-hetero) is 1. The third kappa shape index (κ3) is 3.93. The number of hydrogen-bond donors (Lipinski definition) is 0. The van der Waals surface area contributed by atoms with E-state index in [0.717, 1.165) is 30.5 Å². The molecule has 2 aromatic carbocycles. The van der Waals surface area contributed by atoms with Gasteiger partial charge in [-0.25, -0.2) is 0 Å². The van der Waals surface area contributed by atoms with Gasteiger partial charge in [-0.05, 0) is 67.6 Å². The number of nitrogens with zero attached hydrogens (tertiary/aromatic N) is 1. The van der Waals surface area contributed by atoms with Crippen LogP contribution in [0, 0.1) is 5.92 Å². The molecule has 1 atom stereocenters. The van der Waals surface area contributed by atoms with E-state index in [0.29, 0.717) is 11.5 Å². The molecular formula is C24H29NO3. The number of carbonyl (C=O) groups excluding carboxylic acids is 1. The lowest BCUT2D eigenvalue weighted by atomic mass is 9.94. The Hall–Kier alpha value is -2.33. The van der Waals surface area contributed by atoms with Gasteiger partial charge in [0, 0.05) is 18.0 Å². The number of rotatable bonds is 6. The summed E-state index contributed by atoms with van der Waals surface area (Å²) in [6.07, 6.45) is 5.52. The number of carbonyl (C=O) groups is 1. The molecule has 0 saturated carbocycles. The Labute approximate surface area is 167 Å². The van der Waals surface area contributed by atoms with Gasteiger partial charge in [0.2, 0.25) is 0 Å². The minimum absolute atomic E-state index is 0.00273. The zero-order chi connectivity index (χ0) is 19.5. The van der Waals surface area contributed by atoms with Crippen molar-refractivity contribution >= 4 is 5.78 Å². The number of fused-ring (bicyclic) bond motifs is 1. The van der Waals surface area contributed by atoms with Crippen LogP contribution in [-0.4, -0.2) is 38.0 Å². The fourth-order valence-electron chi connectivity index (χ4n) is 4.58. The maximum atomic E-state index is 13.0. The largest absolute Gasteiger partial charge is 0.493 e. The van der Waals surface area contributed by atoms with Gasteiger partial charge in [-0.15, -0.1) is 0 Å². The smallest absolute Gasteiger partial charge is 0.167 e. The van der Waals surface area contributed by atoms with Gasteiger partial charge in [0.05, 0.1) is 14.2 Å². The van der Waals surface area contributed by atoms with Gasteiger partial charge in [0.15, 0.2) is 17.3 Å². The summed E-state index contributed by atoms with van der Waals surface area (Å²) in [5.41, 5.74) is 4.45. The van der Waals surface area contributed by atoms with E-state index in [1.54, 1.807) is 14.2 Å². The quantitative estimate of drug-likeness (QED) is 0.751. The number of likely N-dealkylation sites (tertiary alicyclic amines) is 1. The van der Waals surface area contributed by atoms with E-state index < -0.39 is 0 Å². The lowest BCUT2D eigenvalue weighted by Gasteiger charge is -2.26. The highest BCUT2D eigenvalue weighted by Gasteiger charge is 2.32. The summed E-state index contributed by atoms with van der Waals surface area (Å²) in [6, 6.07) is 12.6. The minimum Gasteiger partial charge on any atom is -0.493 e. The van der Waals surface area contributed by atoms with E-state index in [9.17, 15) is 4.79 Å². The second-order valence-electron chi connectivity index (χ2n) is 7.99. The zero-order valence-corrected chi connectivity index (χ0v) is 16.9. The van der Waals surface area contributed by atoms with Crippen molar-refractivity contribution in [3.05, 3.63) is 58.7 Å². The number of piperidine rings is 1. The molecule has 0 aromatic heterocycles. The van der Waals surface area contributed by atoms with Gasteiger partial charge in [0.25, 0.3) is 0 Å². The molecule has 28 heavy (non-hydrogen) atoms. The average molecular weight is 380 g/mol. The molecule has 2 aliphatic rings. The Morgan fingerprint density at radius 2 is 1.68 bits per heavy atom. The number of ketones is 1. The molecule has 0 N–H and O–H groups in total. The topological polar surface area (TPSA) is 38.8 Å². The highest BCUT2D eigenvalue weighted by atomic mass is 16.5. The first-order valence-corrected chi connectivity index (χ1v) is 10.3. The van der Waals surface area contributed by atoms with Crippen LogP contribution in [0.25, 0.3) is 0 Å². The summed E-state index contributed by atoms with van der Waals surface area (Å²) in [6.45, 7) is 3.41. The van der Waals surface area contributed by atoms with Gasteiger partial charge >= 0.3 is 0 Å². The summed E-state index contributed by atoms with van der Waals surface area (Å²) in [5.74, 6) is 1.53. The van der Waals surface area contributed by atoms with E-state index >= 15 is 0 Å². The Kier molecular flexibility index (Phi) is 5.67. The highest BCUT2D eigenvalue weighted by molar-refractivity contribution is 6.03. The number of ether oxygens (including phenoxy) is 2. The van der Waals surface area contributed by atoms with Crippen molar-refractivity contribution in [2.45, 2.75) is 38.6 Å². The van der Waals surface area contributed by atoms with Gasteiger partial charge in [-0.3, -0.25) is 9.69 Å². The van der Waals surface area contributed by atoms with Crippen LogP contribution >= 0.6 is 0 Å². The van der Waals surface area contributed by atoms with Crippen molar-refractivity contribution in [3.63, 3.8) is 0 Å². The first kappa shape index (κ1) is 19.0. The van der Waals surface area contributed by atoms with Gasteiger partial charge < -0.3 is 9.47 Å². The second-order valence-corrected chi connectivity index (χ2v) is 7.99. The molecule has 1 fully saturated rings. The van der Waals surface area contributed by atoms with Gasteiger partial charge in [-0.2, -0.15) is 0 Å². The summed E-state index contributed by atoms with van der Waals surface area (Å²) in [5, 5.41) is 0. The van der Waals surface area contributed by atoms with Crippen LogP contribution in [-0.2, 0) is 19.4 Å². The van der Waals surface area contributed by atoms with Crippen molar-refractivity contribution in [3.8, 4) is 11.5 Å². The number of methoxy groups -OCH3 is 2. The third-order valence-electron chi connectivity index (χ3n) is 6.04. The number of benzene rings is 2. The van der Waals surface area contributed by atoms with Crippen LogP contribution in [0.2, 0.25) is 0 Å². The monoisotopic (exact) mass is 379 g/mol. The predicted molar refractivity (Wildman–Crippen MR) is 110 cm³/mol. The molecule has 0 bridgehead atoms. The molecular weight excluding hydrogens is 350 g/mol. The lowest BCUT2D eigenvalue weighted by molar-refractivity contribution is 0.0936. The number of hydrogen-bond acceptors (Lipinski definition) is 4. The fourth-order valence-corrected chi connectivity index (χ4v) is 4.58. The molecule has 1 aliphatic heterocycles. The van der Waals surface area contributed by atoms with Crippen LogP contribution in [0.1, 0.15) is 46.3 Å². The molecule has 1 unspecified atom stereocenters. The van der Waals surface area contributed by atoms with Crippen LogP contribution in [0.5, 0.6) is 11.5 Å². The molecule has 4 nitrogen and oxygen atoms in total. The van der Waals surface area contributed by atoms with E-state index in [2.05, 4.69) is 29.2 Å². The second kappa shape index (κ2) is 8.36. The van der Waals surface area contributed by atoms with E-state index in [4.69, 9.17) is 9.47 Å². The molecule has 148 valence electrons. The van der Waals surface area contributed by atoms with E-state index in [1.807, 2.05) is 12.1 Å². The van der Waals surface area contributed by atoms with Crippen LogP contribution in [0.15, 0.2) is 36.4 Å². The van der Waals surface area contributed by atoms with Crippen molar-refractivity contribution in [2.75, 3.05) is 27.3 Å². The molecule has 0 spiro atoms. The van der Waals surface area contributed by atoms with Gasteiger partial charge in [0.1, 0.15) is 0 Å². The summed E-state index contributed by atoms with van der Waals surface area (Å²) < 4.78 is 10.8. The summed E-state index contributed by atoms with van der Waals surface area (Å²) >= 11 is 0. The molecule has 0 amide bonds. The highest BCUT2D eigenvalue weighted by Crippen LogP contribution is 2.37.